The lowest BCUT2D eigenvalue weighted by Crippen LogP contribution is -2.13. The molecule has 0 aliphatic carbocycles. The number of carbonyl (C=O) groups is 1. The molecule has 0 unspecified atom stereocenters. The van der Waals surface area contributed by atoms with E-state index in [-0.39, 0.29) is 5.91 Å². The molecule has 1 N–H and O–H groups in total. The quantitative estimate of drug-likeness (QED) is 0.673. The predicted molar refractivity (Wildman–Crippen MR) is 94.2 cm³/mol. The molecular weight excluding hydrogens is 359 g/mol. The summed E-state index contributed by atoms with van der Waals surface area (Å²) in [5.74, 6) is -0.0718. The predicted octanol–water partition coefficient (Wildman–Crippen LogP) is 5.36. The zero-order valence-electron chi connectivity index (χ0n) is 11.2. The third-order valence-corrected chi connectivity index (χ3v) is 5.25. The molecule has 1 amide bonds. The topological polar surface area (TPSA) is 42.0 Å². The van der Waals surface area contributed by atoms with Gasteiger partial charge in [-0.1, -0.05) is 35.3 Å². The Labute approximate surface area is 145 Å². The van der Waals surface area contributed by atoms with Crippen molar-refractivity contribution in [1.82, 2.24) is 4.98 Å². The third kappa shape index (κ3) is 3.67. The molecule has 0 aliphatic rings. The van der Waals surface area contributed by atoms with Crippen molar-refractivity contribution < 1.29 is 4.79 Å². The number of amides is 1. The van der Waals surface area contributed by atoms with Crippen LogP contribution in [0.15, 0.2) is 41.1 Å². The lowest BCUT2D eigenvalue weighted by atomic mass is 10.2. The zero-order chi connectivity index (χ0) is 15.5. The fourth-order valence-corrected chi connectivity index (χ4v) is 3.59. The number of thiazole rings is 1. The van der Waals surface area contributed by atoms with Gasteiger partial charge in [0.25, 0.3) is 0 Å². The van der Waals surface area contributed by atoms with Gasteiger partial charge in [-0.25, -0.2) is 4.98 Å². The van der Waals surface area contributed by atoms with Crippen molar-refractivity contribution in [2.24, 2.45) is 0 Å². The molecule has 1 aromatic carbocycles. The first kappa shape index (κ1) is 15.5. The number of hydrogen-bond donors (Lipinski definition) is 1. The van der Waals surface area contributed by atoms with Gasteiger partial charge in [0, 0.05) is 15.8 Å². The van der Waals surface area contributed by atoms with Crippen LogP contribution < -0.4 is 5.32 Å². The fraction of sp³-hybridized carbons (Fsp3) is 0.0667. The van der Waals surface area contributed by atoms with Gasteiger partial charge in [0.2, 0.25) is 5.91 Å². The molecule has 0 spiro atoms. The number of nitrogens with zero attached hydrogens (tertiary/aromatic N) is 1. The van der Waals surface area contributed by atoms with Crippen LogP contribution in [-0.2, 0) is 11.2 Å². The summed E-state index contributed by atoms with van der Waals surface area (Å²) in [4.78, 5) is 17.4. The molecule has 7 heteroatoms. The summed E-state index contributed by atoms with van der Waals surface area (Å²) < 4.78 is 0. The maximum Gasteiger partial charge on any atom is 0.231 e. The maximum absolute atomic E-state index is 11.9. The molecule has 0 saturated carbocycles. The Kier molecular flexibility index (Phi) is 4.78. The highest BCUT2D eigenvalue weighted by atomic mass is 35.5. The molecule has 0 fully saturated rings. The van der Waals surface area contributed by atoms with Gasteiger partial charge >= 0.3 is 0 Å². The van der Waals surface area contributed by atoms with Crippen molar-refractivity contribution in [3.8, 4) is 11.3 Å². The summed E-state index contributed by atoms with van der Waals surface area (Å²) in [5.41, 5.74) is 1.62. The molecular formula is C15H10Cl2N2OS2. The lowest BCUT2D eigenvalue weighted by Gasteiger charge is -2.01. The number of hydrogen-bond acceptors (Lipinski definition) is 4. The Morgan fingerprint density at radius 1 is 1.18 bits per heavy atom. The van der Waals surface area contributed by atoms with Gasteiger partial charge in [-0.3, -0.25) is 4.79 Å². The van der Waals surface area contributed by atoms with Gasteiger partial charge in [-0.2, -0.15) is 0 Å². The highest BCUT2D eigenvalue weighted by Gasteiger charge is 2.10. The molecule has 0 saturated heterocycles. The summed E-state index contributed by atoms with van der Waals surface area (Å²) in [6.45, 7) is 0. The molecule has 0 bridgehead atoms. The van der Waals surface area contributed by atoms with E-state index < -0.39 is 0 Å². The average Bonchev–Trinajstić information content (AvgIpc) is 3.13. The number of anilines is 1. The Balaban J connectivity index is 1.70. The molecule has 22 heavy (non-hydrogen) atoms. The molecule has 2 heterocycles. The normalized spacial score (nSPS) is 10.6. The average molecular weight is 369 g/mol. The molecule has 0 aliphatic heterocycles. The second-order valence-corrected chi connectivity index (χ2v) is 7.18. The summed E-state index contributed by atoms with van der Waals surface area (Å²) >= 11 is 14.9. The van der Waals surface area contributed by atoms with Crippen LogP contribution in [-0.4, -0.2) is 10.9 Å². The van der Waals surface area contributed by atoms with Crippen molar-refractivity contribution >= 4 is 56.9 Å². The van der Waals surface area contributed by atoms with E-state index in [2.05, 4.69) is 10.3 Å². The van der Waals surface area contributed by atoms with E-state index in [1.165, 1.54) is 11.3 Å². The first-order valence-electron chi connectivity index (χ1n) is 6.35. The second kappa shape index (κ2) is 6.79. The summed E-state index contributed by atoms with van der Waals surface area (Å²) in [6, 6.07) is 9.20. The van der Waals surface area contributed by atoms with Crippen LogP contribution in [0.2, 0.25) is 10.0 Å². The van der Waals surface area contributed by atoms with E-state index in [0.717, 1.165) is 16.1 Å². The van der Waals surface area contributed by atoms with Crippen molar-refractivity contribution in [2.75, 3.05) is 5.32 Å². The number of aromatic nitrogens is 1. The lowest BCUT2D eigenvalue weighted by molar-refractivity contribution is -0.115. The van der Waals surface area contributed by atoms with Crippen LogP contribution in [0, 0.1) is 0 Å². The number of nitrogens with one attached hydrogen (secondary N) is 1. The molecule has 3 rings (SSSR count). The van der Waals surface area contributed by atoms with Crippen molar-refractivity contribution in [3.63, 3.8) is 0 Å². The van der Waals surface area contributed by atoms with Gasteiger partial charge in [-0.05, 0) is 23.6 Å². The highest BCUT2D eigenvalue weighted by Crippen LogP contribution is 2.30. The Bertz CT molecular complexity index is 800. The Hall–Kier alpha value is -1.40. The Morgan fingerprint density at radius 3 is 2.77 bits per heavy atom. The van der Waals surface area contributed by atoms with Crippen molar-refractivity contribution in [1.29, 1.82) is 0 Å². The van der Waals surface area contributed by atoms with Crippen LogP contribution in [0.25, 0.3) is 11.3 Å². The van der Waals surface area contributed by atoms with Crippen LogP contribution in [0.5, 0.6) is 0 Å². The van der Waals surface area contributed by atoms with Gasteiger partial charge in [0.15, 0.2) is 5.13 Å². The van der Waals surface area contributed by atoms with E-state index >= 15 is 0 Å². The van der Waals surface area contributed by atoms with E-state index in [1.807, 2.05) is 29.0 Å². The molecule has 112 valence electrons. The number of thiophene rings is 1. The summed E-state index contributed by atoms with van der Waals surface area (Å²) in [5, 5.41) is 8.20. The van der Waals surface area contributed by atoms with E-state index in [9.17, 15) is 4.79 Å². The first-order chi connectivity index (χ1) is 10.6. The molecule has 3 aromatic rings. The number of rotatable bonds is 4. The monoisotopic (exact) mass is 368 g/mol. The van der Waals surface area contributed by atoms with E-state index in [1.54, 1.807) is 23.5 Å². The highest BCUT2D eigenvalue weighted by molar-refractivity contribution is 7.14. The number of halogens is 2. The van der Waals surface area contributed by atoms with Crippen molar-refractivity contribution in [2.45, 2.75) is 6.42 Å². The minimum absolute atomic E-state index is 0.0718. The van der Waals surface area contributed by atoms with Gasteiger partial charge < -0.3 is 5.32 Å². The van der Waals surface area contributed by atoms with Gasteiger partial charge in [-0.15, -0.1) is 22.7 Å². The van der Waals surface area contributed by atoms with Gasteiger partial charge in [0.1, 0.15) is 0 Å². The van der Waals surface area contributed by atoms with Crippen LogP contribution in [0.1, 0.15) is 4.88 Å². The van der Waals surface area contributed by atoms with Gasteiger partial charge in [0.05, 0.1) is 22.2 Å². The standard InChI is InChI=1S/C15H10Cl2N2OS2/c16-11-4-3-9(6-12(11)17)13-8-22-15(18-13)19-14(20)7-10-2-1-5-21-10/h1-6,8H,7H2,(H,18,19,20). The minimum Gasteiger partial charge on any atom is -0.302 e. The molecule has 3 nitrogen and oxygen atoms in total. The first-order valence-corrected chi connectivity index (χ1v) is 8.86. The summed E-state index contributed by atoms with van der Waals surface area (Å²) in [7, 11) is 0. The third-order valence-electron chi connectivity index (χ3n) is 2.88. The zero-order valence-corrected chi connectivity index (χ0v) is 14.3. The SMILES string of the molecule is O=C(Cc1cccs1)Nc1nc(-c2ccc(Cl)c(Cl)c2)cs1. The summed E-state index contributed by atoms with van der Waals surface area (Å²) in [6.07, 6.45) is 0.360. The molecule has 2 aromatic heterocycles. The van der Waals surface area contributed by atoms with Crippen LogP contribution in [0.3, 0.4) is 0 Å². The van der Waals surface area contributed by atoms with Crippen LogP contribution in [0.4, 0.5) is 5.13 Å². The Morgan fingerprint density at radius 2 is 2.05 bits per heavy atom. The van der Waals surface area contributed by atoms with E-state index in [4.69, 9.17) is 23.2 Å². The maximum atomic E-state index is 11.9. The number of carbonyl (C=O) groups excluding carboxylic acids is 1. The molecule has 0 atom stereocenters. The van der Waals surface area contributed by atoms with E-state index in [0.29, 0.717) is 21.6 Å². The second-order valence-electron chi connectivity index (χ2n) is 4.47. The fourth-order valence-electron chi connectivity index (χ4n) is 1.85. The smallest absolute Gasteiger partial charge is 0.231 e. The molecule has 0 radical (unpaired) electrons. The van der Waals surface area contributed by atoms with Crippen LogP contribution >= 0.6 is 45.9 Å². The number of benzene rings is 1. The largest absolute Gasteiger partial charge is 0.302 e. The van der Waals surface area contributed by atoms with Crippen molar-refractivity contribution in [3.05, 3.63) is 56.0 Å². The minimum atomic E-state index is -0.0718.